The van der Waals surface area contributed by atoms with Crippen LogP contribution in [-0.4, -0.2) is 29.9 Å². The van der Waals surface area contributed by atoms with Crippen LogP contribution in [-0.2, 0) is 4.79 Å². The number of amides is 1. The van der Waals surface area contributed by atoms with E-state index < -0.39 is 0 Å². The lowest BCUT2D eigenvalue weighted by molar-refractivity contribution is -0.129. The number of hydrogen-bond acceptors (Lipinski definition) is 2. The van der Waals surface area contributed by atoms with Crippen LogP contribution in [0.25, 0.3) is 0 Å². The molecule has 1 N–H and O–H groups in total. The van der Waals surface area contributed by atoms with Crippen molar-refractivity contribution in [3.63, 3.8) is 0 Å². The van der Waals surface area contributed by atoms with Crippen molar-refractivity contribution >= 4 is 21.8 Å². The zero-order valence-corrected chi connectivity index (χ0v) is 13.8. The predicted octanol–water partition coefficient (Wildman–Crippen LogP) is 3.50. The number of carbonyl (C=O) groups is 1. The summed E-state index contributed by atoms with van der Waals surface area (Å²) in [6.07, 6.45) is 3.16. The molecule has 1 aromatic rings. The lowest BCUT2D eigenvalue weighted by Crippen LogP contribution is -2.45. The molecule has 3 nitrogen and oxygen atoms in total. The summed E-state index contributed by atoms with van der Waals surface area (Å²) in [5.41, 5.74) is 1.33. The molecule has 1 heterocycles. The van der Waals surface area contributed by atoms with E-state index >= 15 is 0 Å². The van der Waals surface area contributed by atoms with E-state index in [9.17, 15) is 4.79 Å². The van der Waals surface area contributed by atoms with Gasteiger partial charge >= 0.3 is 0 Å². The molecule has 0 bridgehead atoms. The van der Waals surface area contributed by atoms with Gasteiger partial charge in [-0.1, -0.05) is 35.0 Å². The number of nitrogens with zero attached hydrogens (tertiary/aromatic N) is 1. The van der Waals surface area contributed by atoms with Gasteiger partial charge in [0.25, 0.3) is 0 Å². The summed E-state index contributed by atoms with van der Waals surface area (Å²) in [7, 11) is 0. The highest BCUT2D eigenvalue weighted by molar-refractivity contribution is 9.10. The maximum Gasteiger partial charge on any atom is 0.219 e. The first-order valence-electron chi connectivity index (χ1n) is 7.37. The second-order valence-electron chi connectivity index (χ2n) is 5.46. The summed E-state index contributed by atoms with van der Waals surface area (Å²) in [4.78, 5) is 13.3. The molecule has 0 spiro atoms. The van der Waals surface area contributed by atoms with Gasteiger partial charge in [-0.15, -0.1) is 0 Å². The number of piperidine rings is 1. The molecule has 1 saturated heterocycles. The second-order valence-corrected chi connectivity index (χ2v) is 6.38. The Bertz CT molecular complexity index is 456. The topological polar surface area (TPSA) is 32.3 Å². The average molecular weight is 339 g/mol. The molecular formula is C16H23BrN2O. The van der Waals surface area contributed by atoms with Crippen molar-refractivity contribution in [1.29, 1.82) is 0 Å². The van der Waals surface area contributed by atoms with Gasteiger partial charge in [0.15, 0.2) is 0 Å². The minimum Gasteiger partial charge on any atom is -0.343 e. The van der Waals surface area contributed by atoms with Gasteiger partial charge in [-0.25, -0.2) is 0 Å². The van der Waals surface area contributed by atoms with Crippen molar-refractivity contribution in [3.05, 3.63) is 34.3 Å². The maximum absolute atomic E-state index is 11.3. The number of carbonyl (C=O) groups excluding carboxylic acids is 1. The molecule has 1 unspecified atom stereocenters. The van der Waals surface area contributed by atoms with E-state index in [1.165, 1.54) is 5.56 Å². The van der Waals surface area contributed by atoms with Crippen LogP contribution < -0.4 is 5.32 Å². The summed E-state index contributed by atoms with van der Waals surface area (Å²) < 4.78 is 1.13. The zero-order valence-electron chi connectivity index (χ0n) is 12.2. The minimum atomic E-state index is 0.197. The quantitative estimate of drug-likeness (QED) is 0.911. The normalized spacial score (nSPS) is 18.1. The van der Waals surface area contributed by atoms with Crippen LogP contribution in [0.2, 0.25) is 0 Å². The monoisotopic (exact) mass is 338 g/mol. The maximum atomic E-state index is 11.3. The highest BCUT2D eigenvalue weighted by Gasteiger charge is 2.22. The lowest BCUT2D eigenvalue weighted by atomic mass is 9.99. The number of hydrogen-bond donors (Lipinski definition) is 1. The molecule has 1 atom stereocenters. The summed E-state index contributed by atoms with van der Waals surface area (Å²) in [5.74, 6) is 0.197. The van der Waals surface area contributed by atoms with E-state index in [4.69, 9.17) is 0 Å². The molecule has 1 amide bonds. The third kappa shape index (κ3) is 4.06. The fourth-order valence-electron chi connectivity index (χ4n) is 2.82. The van der Waals surface area contributed by atoms with Gasteiger partial charge < -0.3 is 10.2 Å². The molecule has 110 valence electrons. The van der Waals surface area contributed by atoms with E-state index in [-0.39, 0.29) is 5.91 Å². The van der Waals surface area contributed by atoms with Crippen LogP contribution in [0.4, 0.5) is 0 Å². The lowest BCUT2D eigenvalue weighted by Gasteiger charge is -2.34. The number of halogens is 1. The van der Waals surface area contributed by atoms with Crippen LogP contribution >= 0.6 is 15.9 Å². The van der Waals surface area contributed by atoms with Crippen molar-refractivity contribution in [3.8, 4) is 0 Å². The molecule has 20 heavy (non-hydrogen) atoms. The van der Waals surface area contributed by atoms with Crippen LogP contribution in [0.1, 0.15) is 44.7 Å². The fourth-order valence-corrected chi connectivity index (χ4v) is 3.24. The van der Waals surface area contributed by atoms with Gasteiger partial charge in [0.05, 0.1) is 0 Å². The number of benzene rings is 1. The van der Waals surface area contributed by atoms with Gasteiger partial charge in [0, 0.05) is 36.6 Å². The standard InChI is InChI=1S/C16H23BrN2O/c1-3-16(13-5-4-6-14(17)11-13)18-15-7-9-19(10-8-15)12(2)20/h4-6,11,15-16,18H,3,7-10H2,1-2H3. The molecule has 0 radical (unpaired) electrons. The highest BCUT2D eigenvalue weighted by atomic mass is 79.9. The first kappa shape index (κ1) is 15.5. The SMILES string of the molecule is CCC(NC1CCN(C(C)=O)CC1)c1cccc(Br)c1. The molecule has 4 heteroatoms. The Morgan fingerprint density at radius 1 is 1.45 bits per heavy atom. The Kier molecular flexibility index (Phi) is 5.61. The number of rotatable bonds is 4. The summed E-state index contributed by atoms with van der Waals surface area (Å²) in [6.45, 7) is 5.62. The first-order chi connectivity index (χ1) is 9.60. The van der Waals surface area contributed by atoms with Crippen molar-refractivity contribution in [2.45, 2.75) is 45.2 Å². The van der Waals surface area contributed by atoms with E-state index in [0.717, 1.165) is 36.8 Å². The smallest absolute Gasteiger partial charge is 0.219 e. The second kappa shape index (κ2) is 7.23. The zero-order chi connectivity index (χ0) is 14.5. The van der Waals surface area contributed by atoms with Crippen molar-refractivity contribution in [2.75, 3.05) is 13.1 Å². The van der Waals surface area contributed by atoms with Gasteiger partial charge in [0.2, 0.25) is 5.91 Å². The molecule has 1 fully saturated rings. The van der Waals surface area contributed by atoms with Crippen molar-refractivity contribution < 1.29 is 4.79 Å². The summed E-state index contributed by atoms with van der Waals surface area (Å²) in [6, 6.07) is 9.41. The third-order valence-electron chi connectivity index (χ3n) is 4.04. The Hall–Kier alpha value is -0.870. The summed E-state index contributed by atoms with van der Waals surface area (Å²) >= 11 is 3.54. The van der Waals surface area contributed by atoms with Crippen LogP contribution in [0.5, 0.6) is 0 Å². The van der Waals surface area contributed by atoms with Crippen LogP contribution in [0, 0.1) is 0 Å². The number of nitrogens with one attached hydrogen (secondary N) is 1. The molecule has 1 aliphatic heterocycles. The minimum absolute atomic E-state index is 0.197. The Morgan fingerprint density at radius 3 is 2.70 bits per heavy atom. The molecule has 0 aromatic heterocycles. The predicted molar refractivity (Wildman–Crippen MR) is 85.6 cm³/mol. The van der Waals surface area contributed by atoms with E-state index in [1.807, 2.05) is 4.90 Å². The Morgan fingerprint density at radius 2 is 2.15 bits per heavy atom. The van der Waals surface area contributed by atoms with Gasteiger partial charge in [-0.3, -0.25) is 4.79 Å². The molecule has 0 aliphatic carbocycles. The van der Waals surface area contributed by atoms with E-state index in [2.05, 4.69) is 52.4 Å². The number of likely N-dealkylation sites (tertiary alicyclic amines) is 1. The Labute approximate surface area is 129 Å². The molecule has 2 rings (SSSR count). The van der Waals surface area contributed by atoms with Gasteiger partial charge in [0.1, 0.15) is 0 Å². The highest BCUT2D eigenvalue weighted by Crippen LogP contribution is 2.23. The summed E-state index contributed by atoms with van der Waals surface area (Å²) in [5, 5.41) is 3.75. The van der Waals surface area contributed by atoms with Crippen molar-refractivity contribution in [2.24, 2.45) is 0 Å². The molecule has 0 saturated carbocycles. The average Bonchev–Trinajstić information content (AvgIpc) is 2.45. The van der Waals surface area contributed by atoms with E-state index in [1.54, 1.807) is 6.92 Å². The van der Waals surface area contributed by atoms with Crippen LogP contribution in [0.3, 0.4) is 0 Å². The van der Waals surface area contributed by atoms with Gasteiger partial charge in [-0.05, 0) is 37.0 Å². The van der Waals surface area contributed by atoms with E-state index in [0.29, 0.717) is 12.1 Å². The van der Waals surface area contributed by atoms with Gasteiger partial charge in [-0.2, -0.15) is 0 Å². The van der Waals surface area contributed by atoms with Crippen LogP contribution in [0.15, 0.2) is 28.7 Å². The largest absolute Gasteiger partial charge is 0.343 e. The fraction of sp³-hybridized carbons (Fsp3) is 0.562. The molecule has 1 aliphatic rings. The molecular weight excluding hydrogens is 316 g/mol. The first-order valence-corrected chi connectivity index (χ1v) is 8.16. The Balaban J connectivity index is 1.93. The third-order valence-corrected chi connectivity index (χ3v) is 4.53. The van der Waals surface area contributed by atoms with Crippen molar-refractivity contribution in [1.82, 2.24) is 10.2 Å². The molecule has 1 aromatic carbocycles.